The summed E-state index contributed by atoms with van der Waals surface area (Å²) in [4.78, 5) is 23.5. The Balaban J connectivity index is 4.48. The summed E-state index contributed by atoms with van der Waals surface area (Å²) in [5, 5.41) is 0. The second-order valence-electron chi connectivity index (χ2n) is 2.69. The van der Waals surface area contributed by atoms with Crippen molar-refractivity contribution in [3.05, 3.63) is 12.7 Å². The maximum atomic E-state index is 11.2. The van der Waals surface area contributed by atoms with Crippen LogP contribution in [0.5, 0.6) is 0 Å². The highest BCUT2D eigenvalue weighted by molar-refractivity contribution is 5.83. The molecule has 0 fully saturated rings. The summed E-state index contributed by atoms with van der Waals surface area (Å²) in [6.07, 6.45) is 1.99. The van der Waals surface area contributed by atoms with Crippen LogP contribution in [0.3, 0.4) is 0 Å². The van der Waals surface area contributed by atoms with Crippen LogP contribution >= 0.6 is 0 Å². The molecule has 0 saturated heterocycles. The van der Waals surface area contributed by atoms with Gasteiger partial charge in [-0.15, -0.1) is 6.58 Å². The first-order valence-corrected chi connectivity index (χ1v) is 3.96. The van der Waals surface area contributed by atoms with Gasteiger partial charge in [0.1, 0.15) is 6.04 Å². The first-order valence-electron chi connectivity index (χ1n) is 3.96. The third kappa shape index (κ3) is 3.27. The van der Waals surface area contributed by atoms with Crippen LogP contribution in [-0.2, 0) is 14.3 Å². The molecule has 74 valence electrons. The smallest absolute Gasteiger partial charge is 0.328 e. The molecule has 0 aliphatic heterocycles. The molecule has 0 radical (unpaired) electrons. The predicted octanol–water partition coefficient (Wildman–Crippen LogP) is 0.582. The van der Waals surface area contributed by atoms with Crippen LogP contribution < -0.4 is 0 Å². The minimum atomic E-state index is -0.556. The lowest BCUT2D eigenvalue weighted by atomic mass is 10.2. The molecule has 0 aromatic rings. The number of hydrogen-bond acceptors (Lipinski definition) is 3. The average molecular weight is 185 g/mol. The fraction of sp³-hybridized carbons (Fsp3) is 0.556. The Hall–Kier alpha value is -1.32. The van der Waals surface area contributed by atoms with E-state index >= 15 is 0 Å². The van der Waals surface area contributed by atoms with Crippen molar-refractivity contribution in [3.8, 4) is 0 Å². The maximum absolute atomic E-state index is 11.2. The van der Waals surface area contributed by atoms with Gasteiger partial charge in [0.15, 0.2) is 0 Å². The minimum absolute atomic E-state index is 0.169. The number of nitrogens with zero attached hydrogens (tertiary/aromatic N) is 1. The summed E-state index contributed by atoms with van der Waals surface area (Å²) < 4.78 is 4.56. The summed E-state index contributed by atoms with van der Waals surface area (Å²) in [6.45, 7) is 4.91. The van der Waals surface area contributed by atoms with Crippen molar-refractivity contribution in [1.29, 1.82) is 0 Å². The molecule has 0 aromatic carbocycles. The van der Waals surface area contributed by atoms with E-state index in [-0.39, 0.29) is 5.91 Å². The van der Waals surface area contributed by atoms with Crippen LogP contribution in [0, 0.1) is 0 Å². The highest BCUT2D eigenvalue weighted by atomic mass is 16.5. The molecule has 0 aromatic heterocycles. The SMILES string of the molecule is C=CC[C@@H](C(=O)OC)N(C)C(C)=O. The van der Waals surface area contributed by atoms with E-state index in [0.717, 1.165) is 0 Å². The molecular formula is C9H15NO3. The number of hydrogen-bond donors (Lipinski definition) is 0. The molecule has 0 heterocycles. The molecular weight excluding hydrogens is 170 g/mol. The zero-order chi connectivity index (χ0) is 10.4. The predicted molar refractivity (Wildman–Crippen MR) is 49.1 cm³/mol. The van der Waals surface area contributed by atoms with Gasteiger partial charge < -0.3 is 9.64 Å². The van der Waals surface area contributed by atoms with Gasteiger partial charge in [0.05, 0.1) is 7.11 Å². The topological polar surface area (TPSA) is 46.6 Å². The second-order valence-corrected chi connectivity index (χ2v) is 2.69. The molecule has 1 atom stereocenters. The van der Waals surface area contributed by atoms with Gasteiger partial charge in [-0.05, 0) is 6.42 Å². The zero-order valence-corrected chi connectivity index (χ0v) is 8.24. The van der Waals surface area contributed by atoms with Crippen molar-refractivity contribution in [2.24, 2.45) is 0 Å². The van der Waals surface area contributed by atoms with Gasteiger partial charge in [-0.1, -0.05) is 6.08 Å². The van der Waals surface area contributed by atoms with E-state index < -0.39 is 12.0 Å². The van der Waals surface area contributed by atoms with Crippen molar-refractivity contribution >= 4 is 11.9 Å². The van der Waals surface area contributed by atoms with Gasteiger partial charge in [-0.2, -0.15) is 0 Å². The minimum Gasteiger partial charge on any atom is -0.467 e. The van der Waals surface area contributed by atoms with Crippen LogP contribution in [-0.4, -0.2) is 37.0 Å². The van der Waals surface area contributed by atoms with Crippen LogP contribution in [0.15, 0.2) is 12.7 Å². The lowest BCUT2D eigenvalue weighted by Gasteiger charge is -2.23. The third-order valence-corrected chi connectivity index (χ3v) is 1.83. The van der Waals surface area contributed by atoms with Gasteiger partial charge in [-0.3, -0.25) is 4.79 Å². The number of methoxy groups -OCH3 is 1. The number of esters is 1. The van der Waals surface area contributed by atoms with Gasteiger partial charge in [-0.25, -0.2) is 4.79 Å². The van der Waals surface area contributed by atoms with Gasteiger partial charge >= 0.3 is 5.97 Å². The van der Waals surface area contributed by atoms with Crippen molar-refractivity contribution in [1.82, 2.24) is 4.90 Å². The van der Waals surface area contributed by atoms with Crippen LogP contribution in [0.2, 0.25) is 0 Å². The molecule has 0 saturated carbocycles. The lowest BCUT2D eigenvalue weighted by Crippen LogP contribution is -2.41. The fourth-order valence-electron chi connectivity index (χ4n) is 0.926. The van der Waals surface area contributed by atoms with Crippen LogP contribution in [0.1, 0.15) is 13.3 Å². The van der Waals surface area contributed by atoms with Crippen LogP contribution in [0.4, 0.5) is 0 Å². The number of carbonyl (C=O) groups excluding carboxylic acids is 2. The number of amides is 1. The molecule has 0 bridgehead atoms. The van der Waals surface area contributed by atoms with E-state index in [0.29, 0.717) is 6.42 Å². The Morgan fingerprint density at radius 2 is 2.15 bits per heavy atom. The van der Waals surface area contributed by atoms with Crippen LogP contribution in [0.25, 0.3) is 0 Å². The van der Waals surface area contributed by atoms with Crippen molar-refractivity contribution in [3.63, 3.8) is 0 Å². The van der Waals surface area contributed by atoms with E-state index in [1.54, 1.807) is 13.1 Å². The van der Waals surface area contributed by atoms with Gasteiger partial charge in [0.25, 0.3) is 0 Å². The first kappa shape index (κ1) is 11.7. The van der Waals surface area contributed by atoms with Crippen molar-refractivity contribution in [2.75, 3.05) is 14.2 Å². The Morgan fingerprint density at radius 1 is 1.62 bits per heavy atom. The average Bonchev–Trinajstić information content (AvgIpc) is 2.11. The van der Waals surface area contributed by atoms with E-state index in [2.05, 4.69) is 11.3 Å². The summed E-state index contributed by atoms with van der Waals surface area (Å²) in [5.41, 5.74) is 0. The Kier molecular flexibility index (Phi) is 4.80. The molecule has 0 unspecified atom stereocenters. The highest BCUT2D eigenvalue weighted by Crippen LogP contribution is 2.05. The molecule has 0 aliphatic rings. The van der Waals surface area contributed by atoms with Crippen molar-refractivity contribution < 1.29 is 14.3 Å². The lowest BCUT2D eigenvalue weighted by molar-refractivity contribution is -0.150. The molecule has 1 amide bonds. The first-order chi connectivity index (χ1) is 6.04. The molecule has 4 heteroatoms. The molecule has 0 rings (SSSR count). The number of ether oxygens (including phenoxy) is 1. The Labute approximate surface area is 78.2 Å². The number of rotatable bonds is 4. The normalized spacial score (nSPS) is 11.6. The molecule has 13 heavy (non-hydrogen) atoms. The molecule has 0 N–H and O–H groups in total. The zero-order valence-electron chi connectivity index (χ0n) is 8.24. The molecule has 0 aliphatic carbocycles. The summed E-state index contributed by atoms with van der Waals surface area (Å²) in [7, 11) is 2.86. The third-order valence-electron chi connectivity index (χ3n) is 1.83. The van der Waals surface area contributed by atoms with E-state index in [4.69, 9.17) is 0 Å². The van der Waals surface area contributed by atoms with Gasteiger partial charge in [0.2, 0.25) is 5.91 Å². The molecule has 0 spiro atoms. The maximum Gasteiger partial charge on any atom is 0.328 e. The number of carbonyl (C=O) groups is 2. The quantitative estimate of drug-likeness (QED) is 0.475. The van der Waals surface area contributed by atoms with Gasteiger partial charge in [0, 0.05) is 14.0 Å². The van der Waals surface area contributed by atoms with E-state index in [1.807, 2.05) is 0 Å². The Bertz CT molecular complexity index is 213. The summed E-state index contributed by atoms with van der Waals surface area (Å²) >= 11 is 0. The fourth-order valence-corrected chi connectivity index (χ4v) is 0.926. The van der Waals surface area contributed by atoms with E-state index in [1.165, 1.54) is 18.9 Å². The largest absolute Gasteiger partial charge is 0.467 e. The summed E-state index contributed by atoms with van der Waals surface area (Å²) in [5.74, 6) is -0.588. The summed E-state index contributed by atoms with van der Waals surface area (Å²) in [6, 6.07) is -0.556. The molecule has 4 nitrogen and oxygen atoms in total. The Morgan fingerprint density at radius 3 is 2.46 bits per heavy atom. The van der Waals surface area contributed by atoms with Crippen molar-refractivity contribution in [2.45, 2.75) is 19.4 Å². The standard InChI is InChI=1S/C9H15NO3/c1-5-6-8(9(12)13-4)10(3)7(2)11/h5,8H,1,6H2,2-4H3/t8-/m0/s1. The monoisotopic (exact) mass is 185 g/mol. The number of likely N-dealkylation sites (N-methyl/N-ethyl adjacent to an activating group) is 1. The van der Waals surface area contributed by atoms with E-state index in [9.17, 15) is 9.59 Å². The highest BCUT2D eigenvalue weighted by Gasteiger charge is 2.23. The second kappa shape index (κ2) is 5.35.